The van der Waals surface area contributed by atoms with Gasteiger partial charge in [-0.25, -0.2) is 0 Å². The van der Waals surface area contributed by atoms with Crippen LogP contribution in [0.2, 0.25) is 0 Å². The molecule has 0 saturated heterocycles. The molecule has 184 valence electrons. The summed E-state index contributed by atoms with van der Waals surface area (Å²) in [5, 5.41) is 19.2. The lowest BCUT2D eigenvalue weighted by atomic mass is 9.67. The zero-order valence-corrected chi connectivity index (χ0v) is 19.3. The molecule has 34 heavy (non-hydrogen) atoms. The Balaban J connectivity index is 1.95. The third kappa shape index (κ3) is 5.87. The van der Waals surface area contributed by atoms with Crippen molar-refractivity contribution in [2.75, 3.05) is 6.61 Å². The fourth-order valence-corrected chi connectivity index (χ4v) is 4.88. The summed E-state index contributed by atoms with van der Waals surface area (Å²) in [6.45, 7) is 2.01. The summed E-state index contributed by atoms with van der Waals surface area (Å²) in [4.78, 5) is 25.4. The van der Waals surface area contributed by atoms with Crippen molar-refractivity contribution >= 4 is 11.8 Å². The van der Waals surface area contributed by atoms with Crippen LogP contribution in [0.3, 0.4) is 0 Å². The van der Waals surface area contributed by atoms with Crippen molar-refractivity contribution in [1.82, 2.24) is 0 Å². The molecule has 0 aliphatic heterocycles. The Morgan fingerprint density at radius 1 is 1.09 bits per heavy atom. The van der Waals surface area contributed by atoms with Crippen LogP contribution in [0.25, 0.3) is 11.1 Å². The van der Waals surface area contributed by atoms with Gasteiger partial charge in [-0.3, -0.25) is 9.59 Å². The van der Waals surface area contributed by atoms with Crippen molar-refractivity contribution in [3.63, 3.8) is 0 Å². The minimum Gasteiger partial charge on any atom is -0.481 e. The van der Waals surface area contributed by atoms with Crippen molar-refractivity contribution < 1.29 is 33.0 Å². The number of carbonyl (C=O) groups excluding carboxylic acids is 1. The smallest absolute Gasteiger partial charge is 0.416 e. The van der Waals surface area contributed by atoms with Gasteiger partial charge < -0.3 is 10.2 Å². The number of halogens is 3. The number of aliphatic carboxylic acids is 1. The van der Waals surface area contributed by atoms with Crippen LogP contribution in [-0.2, 0) is 17.4 Å². The molecule has 0 spiro atoms. The number of carboxylic acids is 1. The average molecular weight is 477 g/mol. The number of benzene rings is 2. The van der Waals surface area contributed by atoms with Gasteiger partial charge in [0.25, 0.3) is 0 Å². The van der Waals surface area contributed by atoms with Crippen molar-refractivity contribution in [2.45, 2.75) is 64.5 Å². The molecule has 1 aliphatic carbocycles. The van der Waals surface area contributed by atoms with E-state index in [-0.39, 0.29) is 18.8 Å². The molecule has 0 atom stereocenters. The molecule has 4 nitrogen and oxygen atoms in total. The molecule has 7 heteroatoms. The van der Waals surface area contributed by atoms with Gasteiger partial charge >= 0.3 is 12.1 Å². The predicted octanol–water partition coefficient (Wildman–Crippen LogP) is 6.54. The molecule has 0 aromatic heterocycles. The van der Waals surface area contributed by atoms with E-state index in [4.69, 9.17) is 0 Å². The van der Waals surface area contributed by atoms with Gasteiger partial charge in [0, 0.05) is 18.6 Å². The van der Waals surface area contributed by atoms with E-state index < -0.39 is 23.1 Å². The van der Waals surface area contributed by atoms with Gasteiger partial charge in [-0.15, -0.1) is 0 Å². The zero-order valence-electron chi connectivity index (χ0n) is 19.3. The van der Waals surface area contributed by atoms with Crippen LogP contribution in [0.5, 0.6) is 0 Å². The van der Waals surface area contributed by atoms with Crippen LogP contribution < -0.4 is 0 Å². The Bertz CT molecular complexity index is 1020. The molecule has 0 unspecified atom stereocenters. The van der Waals surface area contributed by atoms with Gasteiger partial charge in [0.1, 0.15) is 0 Å². The van der Waals surface area contributed by atoms with Crippen LogP contribution >= 0.6 is 0 Å². The van der Waals surface area contributed by atoms with Crippen LogP contribution in [0.4, 0.5) is 13.2 Å². The average Bonchev–Trinajstić information content (AvgIpc) is 2.82. The predicted molar refractivity (Wildman–Crippen MR) is 124 cm³/mol. The molecule has 1 aliphatic rings. The highest BCUT2D eigenvalue weighted by Crippen LogP contribution is 2.44. The van der Waals surface area contributed by atoms with Gasteiger partial charge in [0.05, 0.1) is 11.0 Å². The first-order valence-electron chi connectivity index (χ1n) is 11.8. The highest BCUT2D eigenvalue weighted by Gasteiger charge is 2.43. The largest absolute Gasteiger partial charge is 0.481 e. The van der Waals surface area contributed by atoms with E-state index in [1.54, 1.807) is 24.3 Å². The maximum atomic E-state index is 13.3. The topological polar surface area (TPSA) is 74.6 Å². The van der Waals surface area contributed by atoms with Crippen LogP contribution in [0.1, 0.15) is 73.4 Å². The fraction of sp³-hybridized carbons (Fsp3) is 0.481. The van der Waals surface area contributed by atoms with Crippen molar-refractivity contribution in [2.24, 2.45) is 11.3 Å². The Morgan fingerprint density at radius 3 is 2.38 bits per heavy atom. The lowest BCUT2D eigenvalue weighted by Gasteiger charge is -2.36. The first-order valence-corrected chi connectivity index (χ1v) is 11.8. The van der Waals surface area contributed by atoms with Crippen LogP contribution in [0, 0.1) is 11.3 Å². The molecule has 0 bridgehead atoms. The maximum Gasteiger partial charge on any atom is 0.416 e. The third-order valence-electron chi connectivity index (χ3n) is 7.13. The summed E-state index contributed by atoms with van der Waals surface area (Å²) in [5.74, 6) is -0.812. The number of carbonyl (C=O) groups is 2. The molecular weight excluding hydrogens is 445 g/mol. The summed E-state index contributed by atoms with van der Waals surface area (Å²) in [6, 6.07) is 9.81. The number of hydrogen-bond acceptors (Lipinski definition) is 3. The molecular formula is C27H31F3O4. The fourth-order valence-electron chi connectivity index (χ4n) is 4.88. The highest BCUT2D eigenvalue weighted by molar-refractivity contribution is 6.00. The molecule has 0 heterocycles. The lowest BCUT2D eigenvalue weighted by molar-refractivity contribution is -0.151. The quantitative estimate of drug-likeness (QED) is 0.403. The second-order valence-corrected chi connectivity index (χ2v) is 9.31. The minimum atomic E-state index is -4.50. The van der Waals surface area contributed by atoms with Crippen molar-refractivity contribution in [1.29, 1.82) is 0 Å². The second-order valence-electron chi connectivity index (χ2n) is 9.31. The van der Waals surface area contributed by atoms with E-state index in [0.29, 0.717) is 48.3 Å². The number of Topliss-reactive ketones (excluding diaryl/α,β-unsaturated/α-hetero) is 1. The normalized spacial score (nSPS) is 20.8. The van der Waals surface area contributed by atoms with Gasteiger partial charge in [0.15, 0.2) is 5.78 Å². The number of rotatable bonds is 9. The molecule has 2 aromatic rings. The van der Waals surface area contributed by atoms with Crippen molar-refractivity contribution in [3.05, 3.63) is 59.2 Å². The highest BCUT2D eigenvalue weighted by atomic mass is 19.4. The number of alkyl halides is 3. The van der Waals surface area contributed by atoms with Crippen LogP contribution in [-0.4, -0.2) is 28.6 Å². The number of carboxylic acid groups (broad SMARTS) is 1. The molecule has 2 N–H and O–H groups in total. The van der Waals surface area contributed by atoms with Gasteiger partial charge in [-0.1, -0.05) is 37.6 Å². The van der Waals surface area contributed by atoms with Crippen LogP contribution in [0.15, 0.2) is 42.5 Å². The van der Waals surface area contributed by atoms with E-state index >= 15 is 0 Å². The first kappa shape index (κ1) is 25.9. The standard InChI is InChI=1S/C27H31F3O4/c1-2-18-10-12-26(13-11-18,25(33)34)17-24(32)21-9-8-19(6-4-14-31)23(16-21)20-5-3-7-22(15-20)27(28,29)30/h3,5,7-9,15-16,18,31H,2,4,6,10-14,17H2,1H3,(H,33,34). The van der Waals surface area contributed by atoms with Gasteiger partial charge in [-0.05, 0) is 79.3 Å². The number of aliphatic hydroxyl groups excluding tert-OH is 1. The Kier molecular flexibility index (Phi) is 8.18. The molecule has 2 aromatic carbocycles. The zero-order chi connectivity index (χ0) is 24.9. The van der Waals surface area contributed by atoms with E-state index in [0.717, 1.165) is 37.0 Å². The summed E-state index contributed by atoms with van der Waals surface area (Å²) in [5.41, 5.74) is -0.0559. The summed E-state index contributed by atoms with van der Waals surface area (Å²) in [7, 11) is 0. The Morgan fingerprint density at radius 2 is 1.79 bits per heavy atom. The summed E-state index contributed by atoms with van der Waals surface area (Å²) >= 11 is 0. The molecule has 1 saturated carbocycles. The van der Waals surface area contributed by atoms with E-state index in [1.807, 2.05) is 0 Å². The number of aliphatic hydroxyl groups is 1. The van der Waals surface area contributed by atoms with Gasteiger partial charge in [0.2, 0.25) is 0 Å². The molecule has 0 radical (unpaired) electrons. The summed E-state index contributed by atoms with van der Waals surface area (Å²) < 4.78 is 39.8. The first-order chi connectivity index (χ1) is 16.1. The van der Waals surface area contributed by atoms with Crippen molar-refractivity contribution in [3.8, 4) is 11.1 Å². The second kappa shape index (κ2) is 10.7. The minimum absolute atomic E-state index is 0.0669. The Hall–Kier alpha value is -2.67. The van der Waals surface area contributed by atoms with E-state index in [1.165, 1.54) is 6.07 Å². The summed E-state index contributed by atoms with van der Waals surface area (Å²) in [6.07, 6.45) is -0.343. The van der Waals surface area contributed by atoms with Gasteiger partial charge in [-0.2, -0.15) is 13.2 Å². The number of hydrogen-bond donors (Lipinski definition) is 2. The lowest BCUT2D eigenvalue weighted by Crippen LogP contribution is -2.37. The molecule has 0 amide bonds. The SMILES string of the molecule is CCC1CCC(CC(=O)c2ccc(CCCO)c(-c3cccc(C(F)(F)F)c3)c2)(C(=O)O)CC1. The maximum absolute atomic E-state index is 13.3. The van der Waals surface area contributed by atoms with E-state index in [9.17, 15) is 33.0 Å². The monoisotopic (exact) mass is 476 g/mol. The third-order valence-corrected chi connectivity index (χ3v) is 7.13. The number of ketones is 1. The van der Waals surface area contributed by atoms with E-state index in [2.05, 4.69) is 6.92 Å². The molecule has 1 fully saturated rings. The Labute approximate surface area is 197 Å². The molecule has 3 rings (SSSR count). The number of aryl methyl sites for hydroxylation is 1.